The van der Waals surface area contributed by atoms with Gasteiger partial charge in [-0.25, -0.2) is 0 Å². The van der Waals surface area contributed by atoms with Crippen molar-refractivity contribution in [1.29, 1.82) is 0 Å². The van der Waals surface area contributed by atoms with E-state index in [1.807, 2.05) is 30.3 Å². The molecule has 1 aromatic heterocycles. The summed E-state index contributed by atoms with van der Waals surface area (Å²) < 4.78 is 11.1. The van der Waals surface area contributed by atoms with Gasteiger partial charge in [0, 0.05) is 57.9 Å². The van der Waals surface area contributed by atoms with E-state index in [1.54, 1.807) is 0 Å². The molecule has 3 heterocycles. The zero-order valence-electron chi connectivity index (χ0n) is 14.6. The lowest BCUT2D eigenvalue weighted by molar-refractivity contribution is 0.0503. The summed E-state index contributed by atoms with van der Waals surface area (Å²) in [6.07, 6.45) is 3.72. The average Bonchev–Trinajstić information content (AvgIpc) is 3.34. The zero-order chi connectivity index (χ0) is 16.9. The lowest BCUT2D eigenvalue weighted by atomic mass is 10.2. The van der Waals surface area contributed by atoms with E-state index in [4.69, 9.17) is 9.26 Å². The quantitative estimate of drug-likeness (QED) is 0.801. The summed E-state index contributed by atoms with van der Waals surface area (Å²) in [6.45, 7) is 7.47. The maximum Gasteiger partial charge on any atom is 0.228 e. The van der Waals surface area contributed by atoms with Crippen molar-refractivity contribution in [2.45, 2.75) is 25.4 Å². The molecule has 25 heavy (non-hydrogen) atoms. The van der Waals surface area contributed by atoms with Gasteiger partial charge in [0.15, 0.2) is 0 Å². The summed E-state index contributed by atoms with van der Waals surface area (Å²) in [5.41, 5.74) is 1.00. The van der Waals surface area contributed by atoms with Crippen molar-refractivity contribution in [3.05, 3.63) is 36.2 Å². The molecule has 4 rings (SSSR count). The van der Waals surface area contributed by atoms with Crippen molar-refractivity contribution in [1.82, 2.24) is 19.9 Å². The predicted octanol–water partition coefficient (Wildman–Crippen LogP) is 2.08. The molecule has 2 fully saturated rings. The molecule has 2 aromatic rings. The van der Waals surface area contributed by atoms with Crippen molar-refractivity contribution in [3.63, 3.8) is 0 Å². The zero-order valence-corrected chi connectivity index (χ0v) is 14.6. The van der Waals surface area contributed by atoms with Gasteiger partial charge < -0.3 is 14.2 Å². The number of nitrogens with zero attached hydrogens (tertiary/aromatic N) is 4. The number of benzene rings is 1. The standard InChI is InChI=1S/C19H26N4O2/c1-2-5-16(6-3-1)19-20-18(25-21-19)8-9-22-10-12-23(13-11-22)15-17-7-4-14-24-17/h1-3,5-6,17H,4,7-15H2/t17-/m0/s1. The van der Waals surface area contributed by atoms with Gasteiger partial charge in [-0.2, -0.15) is 4.98 Å². The van der Waals surface area contributed by atoms with Gasteiger partial charge >= 0.3 is 0 Å². The Hall–Kier alpha value is -1.76. The maximum atomic E-state index is 5.74. The van der Waals surface area contributed by atoms with Crippen LogP contribution in [0.5, 0.6) is 0 Å². The number of aromatic nitrogens is 2. The highest BCUT2D eigenvalue weighted by Gasteiger charge is 2.23. The summed E-state index contributed by atoms with van der Waals surface area (Å²) in [5.74, 6) is 1.40. The van der Waals surface area contributed by atoms with Gasteiger partial charge in [-0.05, 0) is 12.8 Å². The van der Waals surface area contributed by atoms with E-state index >= 15 is 0 Å². The Labute approximate surface area is 148 Å². The Morgan fingerprint density at radius 2 is 1.84 bits per heavy atom. The Kier molecular flexibility index (Phi) is 5.40. The molecule has 6 nitrogen and oxygen atoms in total. The van der Waals surface area contributed by atoms with Crippen molar-refractivity contribution < 1.29 is 9.26 Å². The second-order valence-corrected chi connectivity index (χ2v) is 6.91. The minimum atomic E-state index is 0.460. The van der Waals surface area contributed by atoms with Crippen LogP contribution in [0.4, 0.5) is 0 Å². The fraction of sp³-hybridized carbons (Fsp3) is 0.579. The Morgan fingerprint density at radius 3 is 2.60 bits per heavy atom. The number of hydrogen-bond donors (Lipinski definition) is 0. The van der Waals surface area contributed by atoms with Crippen LogP contribution in [0, 0.1) is 0 Å². The molecule has 1 aromatic carbocycles. The van der Waals surface area contributed by atoms with Crippen molar-refractivity contribution in [2.75, 3.05) is 45.9 Å². The van der Waals surface area contributed by atoms with Crippen molar-refractivity contribution in [2.24, 2.45) is 0 Å². The van der Waals surface area contributed by atoms with E-state index in [9.17, 15) is 0 Å². The first-order chi connectivity index (χ1) is 12.4. The van der Waals surface area contributed by atoms with Crippen LogP contribution < -0.4 is 0 Å². The molecule has 0 saturated carbocycles. The third kappa shape index (κ3) is 4.45. The van der Waals surface area contributed by atoms with Crippen LogP contribution in [-0.2, 0) is 11.2 Å². The molecular weight excluding hydrogens is 316 g/mol. The molecule has 0 N–H and O–H groups in total. The molecule has 2 aliphatic heterocycles. The van der Waals surface area contributed by atoms with Crippen molar-refractivity contribution >= 4 is 0 Å². The SMILES string of the molecule is c1ccc(-c2noc(CCN3CCN(C[C@@H]4CCCO4)CC3)n2)cc1. The van der Waals surface area contributed by atoms with E-state index in [0.717, 1.165) is 63.8 Å². The van der Waals surface area contributed by atoms with Gasteiger partial charge in [0.25, 0.3) is 0 Å². The van der Waals surface area contributed by atoms with E-state index in [1.165, 1.54) is 12.8 Å². The van der Waals surface area contributed by atoms with Crippen LogP contribution in [0.15, 0.2) is 34.9 Å². The molecule has 0 amide bonds. The summed E-state index contributed by atoms with van der Waals surface area (Å²) >= 11 is 0. The van der Waals surface area contributed by atoms with Crippen LogP contribution in [0.1, 0.15) is 18.7 Å². The average molecular weight is 342 g/mol. The summed E-state index contributed by atoms with van der Waals surface area (Å²) in [4.78, 5) is 9.54. The van der Waals surface area contributed by atoms with Gasteiger partial charge in [-0.15, -0.1) is 0 Å². The third-order valence-corrected chi connectivity index (χ3v) is 5.09. The van der Waals surface area contributed by atoms with Gasteiger partial charge in [-0.3, -0.25) is 4.90 Å². The minimum Gasteiger partial charge on any atom is -0.377 e. The molecule has 2 aliphatic rings. The van der Waals surface area contributed by atoms with Crippen LogP contribution >= 0.6 is 0 Å². The van der Waals surface area contributed by atoms with Crippen LogP contribution in [0.2, 0.25) is 0 Å². The summed E-state index contributed by atoms with van der Waals surface area (Å²) in [5, 5.41) is 4.09. The van der Waals surface area contributed by atoms with Crippen molar-refractivity contribution in [3.8, 4) is 11.4 Å². The second kappa shape index (κ2) is 8.08. The second-order valence-electron chi connectivity index (χ2n) is 6.91. The highest BCUT2D eigenvalue weighted by atomic mass is 16.5. The smallest absolute Gasteiger partial charge is 0.228 e. The number of rotatable bonds is 6. The first-order valence-corrected chi connectivity index (χ1v) is 9.31. The van der Waals surface area contributed by atoms with Gasteiger partial charge in [0.1, 0.15) is 0 Å². The van der Waals surface area contributed by atoms with Gasteiger partial charge in [-0.1, -0.05) is 35.5 Å². The Bertz CT molecular complexity index is 646. The summed E-state index contributed by atoms with van der Waals surface area (Å²) in [7, 11) is 0. The number of piperazine rings is 1. The van der Waals surface area contributed by atoms with Crippen LogP contribution in [0.3, 0.4) is 0 Å². The number of hydrogen-bond acceptors (Lipinski definition) is 6. The first-order valence-electron chi connectivity index (χ1n) is 9.31. The molecular formula is C19H26N4O2. The van der Waals surface area contributed by atoms with Gasteiger partial charge in [0.2, 0.25) is 11.7 Å². The van der Waals surface area contributed by atoms with E-state index in [0.29, 0.717) is 11.9 Å². The predicted molar refractivity (Wildman–Crippen MR) is 95.3 cm³/mol. The normalized spacial score (nSPS) is 22.5. The highest BCUT2D eigenvalue weighted by Crippen LogP contribution is 2.16. The van der Waals surface area contributed by atoms with Crippen LogP contribution in [-0.4, -0.2) is 71.9 Å². The van der Waals surface area contributed by atoms with Gasteiger partial charge in [0.05, 0.1) is 6.10 Å². The third-order valence-electron chi connectivity index (χ3n) is 5.09. The molecule has 0 spiro atoms. The van der Waals surface area contributed by atoms with E-state index in [2.05, 4.69) is 19.9 Å². The molecule has 0 aliphatic carbocycles. The van der Waals surface area contributed by atoms with Crippen LogP contribution in [0.25, 0.3) is 11.4 Å². The molecule has 0 radical (unpaired) electrons. The summed E-state index contributed by atoms with van der Waals surface area (Å²) in [6, 6.07) is 9.97. The molecule has 0 bridgehead atoms. The molecule has 0 unspecified atom stereocenters. The largest absolute Gasteiger partial charge is 0.377 e. The fourth-order valence-electron chi connectivity index (χ4n) is 3.59. The highest BCUT2D eigenvalue weighted by molar-refractivity contribution is 5.53. The topological polar surface area (TPSA) is 54.6 Å². The lowest BCUT2D eigenvalue weighted by Gasteiger charge is -2.35. The maximum absolute atomic E-state index is 5.74. The monoisotopic (exact) mass is 342 g/mol. The minimum absolute atomic E-state index is 0.460. The molecule has 1 atom stereocenters. The molecule has 6 heteroatoms. The van der Waals surface area contributed by atoms with E-state index < -0.39 is 0 Å². The fourth-order valence-corrected chi connectivity index (χ4v) is 3.59. The lowest BCUT2D eigenvalue weighted by Crippen LogP contribution is -2.48. The first kappa shape index (κ1) is 16.7. The van der Waals surface area contributed by atoms with E-state index in [-0.39, 0.29) is 0 Å². The Morgan fingerprint density at radius 1 is 1.04 bits per heavy atom. The molecule has 2 saturated heterocycles. The molecule has 134 valence electrons. The Balaban J connectivity index is 1.21. The number of ether oxygens (including phenoxy) is 1.